The number of non-ortho nitro benzene ring substituents is 1. The van der Waals surface area contributed by atoms with Crippen molar-refractivity contribution < 1.29 is 19.2 Å². The van der Waals surface area contributed by atoms with E-state index in [9.17, 15) is 14.9 Å². The first-order valence-electron chi connectivity index (χ1n) is 9.51. The molecule has 1 amide bonds. The summed E-state index contributed by atoms with van der Waals surface area (Å²) in [6.07, 6.45) is 1.93. The number of methoxy groups -OCH3 is 2. The van der Waals surface area contributed by atoms with Crippen LogP contribution in [0.1, 0.15) is 24.0 Å². The van der Waals surface area contributed by atoms with Gasteiger partial charge in [-0.1, -0.05) is 0 Å². The summed E-state index contributed by atoms with van der Waals surface area (Å²) >= 11 is 0. The van der Waals surface area contributed by atoms with Crippen LogP contribution in [-0.2, 0) is 17.8 Å². The number of rotatable bonds is 8. The van der Waals surface area contributed by atoms with E-state index in [0.717, 1.165) is 17.7 Å². The molecule has 29 heavy (non-hydrogen) atoms. The molecule has 0 unspecified atom stereocenters. The molecular formula is C21H25N3O5. The van der Waals surface area contributed by atoms with Crippen LogP contribution < -0.4 is 14.8 Å². The van der Waals surface area contributed by atoms with Crippen molar-refractivity contribution in [3.05, 3.63) is 57.6 Å². The molecule has 0 radical (unpaired) electrons. The molecule has 1 N–H and O–H groups in total. The van der Waals surface area contributed by atoms with Crippen LogP contribution in [-0.4, -0.2) is 43.0 Å². The lowest BCUT2D eigenvalue weighted by Gasteiger charge is -2.29. The zero-order valence-corrected chi connectivity index (χ0v) is 16.6. The van der Waals surface area contributed by atoms with E-state index in [4.69, 9.17) is 9.47 Å². The fourth-order valence-electron chi connectivity index (χ4n) is 3.43. The van der Waals surface area contributed by atoms with Gasteiger partial charge in [-0.3, -0.25) is 14.9 Å². The third-order valence-corrected chi connectivity index (χ3v) is 5.05. The van der Waals surface area contributed by atoms with Gasteiger partial charge in [-0.2, -0.15) is 0 Å². The van der Waals surface area contributed by atoms with Gasteiger partial charge < -0.3 is 19.7 Å². The third-order valence-electron chi connectivity index (χ3n) is 5.05. The van der Waals surface area contributed by atoms with Crippen molar-refractivity contribution >= 4 is 17.3 Å². The quantitative estimate of drug-likeness (QED) is 0.415. The Balaban J connectivity index is 1.48. The topological polar surface area (TPSA) is 93.9 Å². The Kier molecular flexibility index (Phi) is 6.54. The maximum atomic E-state index is 12.6. The monoisotopic (exact) mass is 399 g/mol. The maximum Gasteiger partial charge on any atom is 0.269 e. The number of nitrogens with one attached hydrogen (secondary N) is 1. The standard InChI is InChI=1S/C21H25N3O5/c1-28-19-12-15-9-11-23(14-16(15)13-20(19)29-2)21(25)4-3-10-22-17-5-7-18(8-6-17)24(26)27/h5-8,12-13,22H,3-4,9-11,14H2,1-2H3. The molecule has 0 spiro atoms. The zero-order chi connectivity index (χ0) is 20.8. The molecule has 8 nitrogen and oxygen atoms in total. The average molecular weight is 399 g/mol. The predicted octanol–water partition coefficient (Wildman–Crippen LogP) is 3.39. The van der Waals surface area contributed by atoms with Crippen molar-refractivity contribution in [2.75, 3.05) is 32.6 Å². The minimum Gasteiger partial charge on any atom is -0.493 e. The van der Waals surface area contributed by atoms with Gasteiger partial charge in [-0.05, 0) is 48.2 Å². The summed E-state index contributed by atoms with van der Waals surface area (Å²) in [6.45, 7) is 1.89. The second kappa shape index (κ2) is 9.27. The fraction of sp³-hybridized carbons (Fsp3) is 0.381. The largest absolute Gasteiger partial charge is 0.493 e. The second-order valence-electron chi connectivity index (χ2n) is 6.88. The van der Waals surface area contributed by atoms with Gasteiger partial charge >= 0.3 is 0 Å². The van der Waals surface area contributed by atoms with E-state index >= 15 is 0 Å². The minimum absolute atomic E-state index is 0.0605. The van der Waals surface area contributed by atoms with Gasteiger partial charge in [-0.25, -0.2) is 0 Å². The normalized spacial score (nSPS) is 12.8. The number of benzene rings is 2. The van der Waals surface area contributed by atoms with Crippen LogP contribution in [0.15, 0.2) is 36.4 Å². The number of nitro benzene ring substituents is 1. The Morgan fingerprint density at radius 3 is 2.41 bits per heavy atom. The third kappa shape index (κ3) is 4.96. The molecule has 2 aromatic carbocycles. The molecule has 1 heterocycles. The molecule has 0 saturated carbocycles. The Morgan fingerprint density at radius 1 is 1.14 bits per heavy atom. The van der Waals surface area contributed by atoms with Gasteiger partial charge in [0.15, 0.2) is 11.5 Å². The maximum absolute atomic E-state index is 12.6. The van der Waals surface area contributed by atoms with Crippen LogP contribution >= 0.6 is 0 Å². The first-order valence-corrected chi connectivity index (χ1v) is 9.51. The lowest BCUT2D eigenvalue weighted by Crippen LogP contribution is -2.36. The van der Waals surface area contributed by atoms with E-state index in [0.29, 0.717) is 44.0 Å². The lowest BCUT2D eigenvalue weighted by molar-refractivity contribution is -0.384. The highest BCUT2D eigenvalue weighted by Gasteiger charge is 2.22. The van der Waals surface area contributed by atoms with Gasteiger partial charge in [0.1, 0.15) is 0 Å². The Bertz CT molecular complexity index is 883. The van der Waals surface area contributed by atoms with Crippen LogP contribution in [0.5, 0.6) is 11.5 Å². The molecule has 0 bridgehead atoms. The van der Waals surface area contributed by atoms with Crippen molar-refractivity contribution in [3.8, 4) is 11.5 Å². The molecule has 2 aromatic rings. The predicted molar refractivity (Wildman–Crippen MR) is 109 cm³/mol. The number of carbonyl (C=O) groups excluding carboxylic acids is 1. The molecule has 0 atom stereocenters. The molecule has 0 aromatic heterocycles. The van der Waals surface area contributed by atoms with E-state index in [2.05, 4.69) is 5.32 Å². The number of anilines is 1. The Labute approximate surface area is 169 Å². The minimum atomic E-state index is -0.426. The number of hydrogen-bond donors (Lipinski definition) is 1. The number of amides is 1. The summed E-state index contributed by atoms with van der Waals surface area (Å²) in [7, 11) is 3.22. The Hall–Kier alpha value is -3.29. The fourth-order valence-corrected chi connectivity index (χ4v) is 3.43. The van der Waals surface area contributed by atoms with Gasteiger partial charge in [0.25, 0.3) is 5.69 Å². The van der Waals surface area contributed by atoms with E-state index in [1.165, 1.54) is 17.7 Å². The van der Waals surface area contributed by atoms with Crippen molar-refractivity contribution in [1.82, 2.24) is 4.90 Å². The number of nitrogens with zero attached hydrogens (tertiary/aromatic N) is 2. The molecule has 1 aliphatic rings. The molecule has 0 saturated heterocycles. The molecular weight excluding hydrogens is 374 g/mol. The SMILES string of the molecule is COc1cc2c(cc1OC)CN(C(=O)CCCNc1ccc([N+](=O)[O-])cc1)CC2. The molecule has 3 rings (SSSR count). The first kappa shape index (κ1) is 20.4. The summed E-state index contributed by atoms with van der Waals surface area (Å²) < 4.78 is 10.7. The lowest BCUT2D eigenvalue weighted by atomic mass is 9.98. The highest BCUT2D eigenvalue weighted by atomic mass is 16.6. The van der Waals surface area contributed by atoms with E-state index in [1.807, 2.05) is 17.0 Å². The molecule has 0 aliphatic carbocycles. The van der Waals surface area contributed by atoms with Crippen LogP contribution in [0.4, 0.5) is 11.4 Å². The molecule has 8 heteroatoms. The van der Waals surface area contributed by atoms with Crippen LogP contribution in [0.3, 0.4) is 0 Å². The van der Waals surface area contributed by atoms with Crippen LogP contribution in [0, 0.1) is 10.1 Å². The summed E-state index contributed by atoms with van der Waals surface area (Å²) in [5.41, 5.74) is 3.14. The molecule has 1 aliphatic heterocycles. The van der Waals surface area contributed by atoms with Crippen molar-refractivity contribution in [1.29, 1.82) is 0 Å². The van der Waals surface area contributed by atoms with Gasteiger partial charge in [-0.15, -0.1) is 0 Å². The van der Waals surface area contributed by atoms with Gasteiger partial charge in [0, 0.05) is 43.9 Å². The highest BCUT2D eigenvalue weighted by molar-refractivity contribution is 5.76. The number of ether oxygens (including phenoxy) is 2. The van der Waals surface area contributed by atoms with Crippen molar-refractivity contribution in [2.45, 2.75) is 25.8 Å². The van der Waals surface area contributed by atoms with Crippen LogP contribution in [0.2, 0.25) is 0 Å². The summed E-state index contributed by atoms with van der Waals surface area (Å²) in [5, 5.41) is 13.9. The number of nitro groups is 1. The van der Waals surface area contributed by atoms with E-state index in [-0.39, 0.29) is 11.6 Å². The summed E-state index contributed by atoms with van der Waals surface area (Å²) in [5.74, 6) is 1.51. The summed E-state index contributed by atoms with van der Waals surface area (Å²) in [6, 6.07) is 10.2. The number of carbonyl (C=O) groups is 1. The molecule has 154 valence electrons. The second-order valence-corrected chi connectivity index (χ2v) is 6.88. The number of fused-ring (bicyclic) bond motifs is 1. The Morgan fingerprint density at radius 2 is 1.79 bits per heavy atom. The number of hydrogen-bond acceptors (Lipinski definition) is 6. The van der Waals surface area contributed by atoms with Gasteiger partial charge in [0.2, 0.25) is 5.91 Å². The zero-order valence-electron chi connectivity index (χ0n) is 16.6. The van der Waals surface area contributed by atoms with E-state index < -0.39 is 4.92 Å². The van der Waals surface area contributed by atoms with Gasteiger partial charge in [0.05, 0.1) is 19.1 Å². The summed E-state index contributed by atoms with van der Waals surface area (Å²) in [4.78, 5) is 24.7. The average Bonchev–Trinajstić information content (AvgIpc) is 2.75. The first-order chi connectivity index (χ1) is 14.0. The highest BCUT2D eigenvalue weighted by Crippen LogP contribution is 2.33. The molecule has 0 fully saturated rings. The van der Waals surface area contributed by atoms with Crippen LogP contribution in [0.25, 0.3) is 0 Å². The smallest absolute Gasteiger partial charge is 0.269 e. The van der Waals surface area contributed by atoms with E-state index in [1.54, 1.807) is 26.4 Å². The van der Waals surface area contributed by atoms with Crippen molar-refractivity contribution in [2.24, 2.45) is 0 Å². The van der Waals surface area contributed by atoms with Crippen molar-refractivity contribution in [3.63, 3.8) is 0 Å².